The number of ether oxygens (including phenoxy) is 1. The number of hydrogen-bond donors (Lipinski definition) is 1. The molecule has 0 radical (unpaired) electrons. The number of anilines is 1. The fourth-order valence-electron chi connectivity index (χ4n) is 3.13. The number of aromatic nitrogens is 1. The first-order valence-corrected chi connectivity index (χ1v) is 9.82. The molecule has 0 unspecified atom stereocenters. The lowest BCUT2D eigenvalue weighted by molar-refractivity contribution is 0.134. The monoisotopic (exact) mass is 409 g/mol. The average molecular weight is 410 g/mol. The molecule has 0 saturated carbocycles. The maximum Gasteiger partial charge on any atom is 0.322 e. The van der Waals surface area contributed by atoms with Crippen LogP contribution < -0.4 is 5.32 Å². The van der Waals surface area contributed by atoms with Gasteiger partial charge in [0.15, 0.2) is 0 Å². The summed E-state index contributed by atoms with van der Waals surface area (Å²) < 4.78 is 5.52. The number of carbonyl (C=O) groups excluding carboxylic acids is 1. The molecule has 3 aromatic rings. The molecule has 0 aliphatic carbocycles. The number of nitrogens with zero attached hydrogens (tertiary/aromatic N) is 2. The number of pyridine rings is 1. The molecule has 0 aliphatic rings. The first-order valence-electron chi connectivity index (χ1n) is 9.45. The highest BCUT2D eigenvalue weighted by molar-refractivity contribution is 6.30. The van der Waals surface area contributed by atoms with E-state index >= 15 is 0 Å². The first-order chi connectivity index (χ1) is 14.1. The largest absolute Gasteiger partial charge is 0.377 e. The van der Waals surface area contributed by atoms with Gasteiger partial charge in [0.1, 0.15) is 0 Å². The standard InChI is InChI=1S/C23H24ClN3O2/c1-3-29-16-19-6-4-5-7-21(19)26-23(28)27(2)22(18-12-14-25-15-13-18)17-8-10-20(24)11-9-17/h4-15,22H,3,16H2,1-2H3,(H,26,28)/t22-/m1/s1. The zero-order valence-electron chi connectivity index (χ0n) is 16.5. The molecule has 0 aliphatic heterocycles. The molecule has 5 nitrogen and oxygen atoms in total. The van der Waals surface area contributed by atoms with Crippen LogP contribution in [0.3, 0.4) is 0 Å². The van der Waals surface area contributed by atoms with Gasteiger partial charge in [-0.15, -0.1) is 0 Å². The van der Waals surface area contributed by atoms with Gasteiger partial charge in [-0.3, -0.25) is 4.98 Å². The van der Waals surface area contributed by atoms with E-state index in [1.807, 2.05) is 67.6 Å². The van der Waals surface area contributed by atoms with Crippen LogP contribution in [0.2, 0.25) is 5.02 Å². The van der Waals surface area contributed by atoms with Crippen LogP contribution in [0.15, 0.2) is 73.1 Å². The van der Waals surface area contributed by atoms with Crippen molar-refractivity contribution in [1.82, 2.24) is 9.88 Å². The van der Waals surface area contributed by atoms with Crippen molar-refractivity contribution in [3.05, 3.63) is 94.8 Å². The smallest absolute Gasteiger partial charge is 0.322 e. The third kappa shape index (κ3) is 5.34. The lowest BCUT2D eigenvalue weighted by Crippen LogP contribution is -2.35. The maximum absolute atomic E-state index is 13.1. The van der Waals surface area contributed by atoms with Gasteiger partial charge >= 0.3 is 6.03 Å². The average Bonchev–Trinajstić information content (AvgIpc) is 2.75. The van der Waals surface area contributed by atoms with Gasteiger partial charge in [-0.25, -0.2) is 4.79 Å². The van der Waals surface area contributed by atoms with Crippen LogP contribution in [0, 0.1) is 0 Å². The van der Waals surface area contributed by atoms with Crippen molar-refractivity contribution in [3.63, 3.8) is 0 Å². The summed E-state index contributed by atoms with van der Waals surface area (Å²) in [5, 5.41) is 3.67. The van der Waals surface area contributed by atoms with Crippen molar-refractivity contribution in [2.75, 3.05) is 19.0 Å². The Morgan fingerprint density at radius 3 is 2.41 bits per heavy atom. The number of hydrogen-bond acceptors (Lipinski definition) is 3. The minimum Gasteiger partial charge on any atom is -0.377 e. The maximum atomic E-state index is 13.1. The van der Waals surface area contributed by atoms with E-state index in [-0.39, 0.29) is 12.1 Å². The van der Waals surface area contributed by atoms with Crippen LogP contribution in [-0.4, -0.2) is 29.6 Å². The molecule has 0 spiro atoms. The molecule has 2 amide bonds. The summed E-state index contributed by atoms with van der Waals surface area (Å²) in [5.41, 5.74) is 3.59. The summed E-state index contributed by atoms with van der Waals surface area (Å²) in [6, 6.07) is 18.5. The molecule has 1 heterocycles. The van der Waals surface area contributed by atoms with Crippen molar-refractivity contribution >= 4 is 23.3 Å². The molecule has 0 fully saturated rings. The second kappa shape index (κ2) is 10.0. The highest BCUT2D eigenvalue weighted by Crippen LogP contribution is 2.29. The second-order valence-corrected chi connectivity index (χ2v) is 7.01. The number of urea groups is 1. The van der Waals surface area contributed by atoms with Crippen molar-refractivity contribution in [1.29, 1.82) is 0 Å². The zero-order chi connectivity index (χ0) is 20.6. The number of rotatable bonds is 7. The van der Waals surface area contributed by atoms with Gasteiger partial charge in [0.25, 0.3) is 0 Å². The van der Waals surface area contributed by atoms with Gasteiger partial charge in [0.2, 0.25) is 0 Å². The predicted molar refractivity (Wildman–Crippen MR) is 116 cm³/mol. The molecule has 0 bridgehead atoms. The molecular formula is C23H24ClN3O2. The van der Waals surface area contributed by atoms with Gasteiger partial charge in [-0.1, -0.05) is 41.9 Å². The molecule has 29 heavy (non-hydrogen) atoms. The highest BCUT2D eigenvalue weighted by atomic mass is 35.5. The summed E-state index contributed by atoms with van der Waals surface area (Å²) in [6.45, 7) is 3.00. The summed E-state index contributed by atoms with van der Waals surface area (Å²) in [6.07, 6.45) is 3.45. The Balaban J connectivity index is 1.87. The van der Waals surface area contributed by atoms with E-state index in [0.717, 1.165) is 22.4 Å². The topological polar surface area (TPSA) is 54.5 Å². The van der Waals surface area contributed by atoms with E-state index in [1.165, 1.54) is 0 Å². The molecule has 6 heteroatoms. The minimum atomic E-state index is -0.283. The van der Waals surface area contributed by atoms with Gasteiger partial charge in [-0.05, 0) is 48.4 Å². The van der Waals surface area contributed by atoms with Gasteiger partial charge in [0, 0.05) is 42.3 Å². The number of para-hydroxylation sites is 1. The summed E-state index contributed by atoms with van der Waals surface area (Å²) >= 11 is 6.06. The van der Waals surface area contributed by atoms with E-state index in [4.69, 9.17) is 16.3 Å². The number of halogens is 1. The summed E-state index contributed by atoms with van der Waals surface area (Å²) in [7, 11) is 1.78. The SMILES string of the molecule is CCOCc1ccccc1NC(=O)N(C)[C@@H](c1ccncc1)c1ccc(Cl)cc1. The van der Waals surface area contributed by atoms with Crippen molar-refractivity contribution in [3.8, 4) is 0 Å². The quantitative estimate of drug-likeness (QED) is 0.558. The molecular weight excluding hydrogens is 386 g/mol. The lowest BCUT2D eigenvalue weighted by atomic mass is 9.98. The van der Waals surface area contributed by atoms with Crippen LogP contribution in [0.4, 0.5) is 10.5 Å². The first kappa shape index (κ1) is 20.8. The van der Waals surface area contributed by atoms with Crippen LogP contribution in [-0.2, 0) is 11.3 Å². The van der Waals surface area contributed by atoms with Crippen LogP contribution >= 0.6 is 11.6 Å². The lowest BCUT2D eigenvalue weighted by Gasteiger charge is -2.29. The van der Waals surface area contributed by atoms with Crippen LogP contribution in [0.5, 0.6) is 0 Å². The number of nitrogens with one attached hydrogen (secondary N) is 1. The van der Waals surface area contributed by atoms with Gasteiger partial charge < -0.3 is 15.0 Å². The van der Waals surface area contributed by atoms with E-state index in [9.17, 15) is 4.79 Å². The van der Waals surface area contributed by atoms with Crippen molar-refractivity contribution < 1.29 is 9.53 Å². The third-order valence-corrected chi connectivity index (χ3v) is 4.89. The molecule has 150 valence electrons. The highest BCUT2D eigenvalue weighted by Gasteiger charge is 2.24. The second-order valence-electron chi connectivity index (χ2n) is 6.57. The molecule has 3 rings (SSSR count). The Bertz CT molecular complexity index is 932. The Morgan fingerprint density at radius 2 is 1.72 bits per heavy atom. The van der Waals surface area contributed by atoms with E-state index in [2.05, 4.69) is 10.3 Å². The van der Waals surface area contributed by atoms with E-state index < -0.39 is 0 Å². The molecule has 0 saturated heterocycles. The predicted octanol–water partition coefficient (Wildman–Crippen LogP) is 5.52. The Kier molecular flexibility index (Phi) is 7.22. The van der Waals surface area contributed by atoms with Crippen molar-refractivity contribution in [2.24, 2.45) is 0 Å². The summed E-state index contributed by atoms with van der Waals surface area (Å²) in [5.74, 6) is 0. The Hall–Kier alpha value is -2.89. The van der Waals surface area contributed by atoms with Crippen LogP contribution in [0.1, 0.15) is 29.7 Å². The summed E-state index contributed by atoms with van der Waals surface area (Å²) in [4.78, 5) is 18.9. The normalized spacial score (nSPS) is 11.7. The molecule has 1 N–H and O–H groups in total. The van der Waals surface area contributed by atoms with Gasteiger partial charge in [-0.2, -0.15) is 0 Å². The number of amides is 2. The Labute approximate surface area is 176 Å². The minimum absolute atomic E-state index is 0.217. The fourth-order valence-corrected chi connectivity index (χ4v) is 3.26. The Morgan fingerprint density at radius 1 is 1.07 bits per heavy atom. The van der Waals surface area contributed by atoms with Gasteiger partial charge in [0.05, 0.1) is 12.6 Å². The van der Waals surface area contributed by atoms with E-state index in [1.54, 1.807) is 24.3 Å². The van der Waals surface area contributed by atoms with Crippen molar-refractivity contribution in [2.45, 2.75) is 19.6 Å². The third-order valence-electron chi connectivity index (χ3n) is 4.64. The fraction of sp³-hybridized carbons (Fsp3) is 0.217. The number of carbonyl (C=O) groups is 1. The molecule has 2 aromatic carbocycles. The van der Waals surface area contributed by atoms with Crippen LogP contribution in [0.25, 0.3) is 0 Å². The van der Waals surface area contributed by atoms with E-state index in [0.29, 0.717) is 18.2 Å². The molecule has 1 aromatic heterocycles. The molecule has 1 atom stereocenters. The number of benzene rings is 2. The zero-order valence-corrected chi connectivity index (χ0v) is 17.3.